The van der Waals surface area contributed by atoms with Crippen molar-refractivity contribution in [3.63, 3.8) is 0 Å². The fraction of sp³-hybridized carbons (Fsp3) is 0.500. The first kappa shape index (κ1) is 13.1. The minimum Gasteiger partial charge on any atom is -0.378 e. The molecule has 0 spiro atoms. The van der Waals surface area contributed by atoms with E-state index in [1.165, 1.54) is 12.1 Å². The van der Waals surface area contributed by atoms with E-state index in [2.05, 4.69) is 0 Å². The fourth-order valence-corrected chi connectivity index (χ4v) is 2.72. The first-order valence-electron chi connectivity index (χ1n) is 6.75. The number of carbonyl (C=O) groups is 1. The number of rotatable bonds is 3. The SMILES string of the molecule is O=C(N1CCOCC1)C1(c2ccc([N+](=O)[O-])cc2)CC1. The molecule has 6 heteroatoms. The van der Waals surface area contributed by atoms with E-state index < -0.39 is 10.3 Å². The van der Waals surface area contributed by atoms with Crippen LogP contribution < -0.4 is 0 Å². The van der Waals surface area contributed by atoms with Crippen molar-refractivity contribution in [2.24, 2.45) is 0 Å². The number of non-ortho nitro benzene ring substituents is 1. The third-order valence-corrected chi connectivity index (χ3v) is 4.09. The Hall–Kier alpha value is -1.95. The number of nitrogens with zero attached hydrogens (tertiary/aromatic N) is 2. The molecule has 0 bridgehead atoms. The number of amides is 1. The summed E-state index contributed by atoms with van der Waals surface area (Å²) in [4.78, 5) is 24.7. The van der Waals surface area contributed by atoms with E-state index in [0.29, 0.717) is 26.3 Å². The number of nitro benzene ring substituents is 1. The highest BCUT2D eigenvalue weighted by atomic mass is 16.6. The molecular formula is C14H16N2O4. The highest BCUT2D eigenvalue weighted by Crippen LogP contribution is 2.49. The first-order chi connectivity index (χ1) is 9.63. The summed E-state index contributed by atoms with van der Waals surface area (Å²) in [5, 5.41) is 10.7. The van der Waals surface area contributed by atoms with Crippen LogP contribution in [0.5, 0.6) is 0 Å². The Balaban J connectivity index is 1.81. The van der Waals surface area contributed by atoms with E-state index in [4.69, 9.17) is 4.74 Å². The minimum atomic E-state index is -0.452. The molecule has 0 atom stereocenters. The van der Waals surface area contributed by atoms with Crippen molar-refractivity contribution in [1.29, 1.82) is 0 Å². The van der Waals surface area contributed by atoms with Gasteiger partial charge in [0.05, 0.1) is 23.6 Å². The number of hydrogen-bond acceptors (Lipinski definition) is 4. The Morgan fingerprint density at radius 3 is 2.30 bits per heavy atom. The molecule has 0 N–H and O–H groups in total. The molecule has 1 saturated heterocycles. The molecule has 1 heterocycles. The lowest BCUT2D eigenvalue weighted by atomic mass is 9.94. The van der Waals surface area contributed by atoms with Gasteiger partial charge in [-0.05, 0) is 18.4 Å². The molecule has 1 aliphatic carbocycles. The van der Waals surface area contributed by atoms with E-state index in [9.17, 15) is 14.9 Å². The summed E-state index contributed by atoms with van der Waals surface area (Å²) in [5.41, 5.74) is 0.495. The van der Waals surface area contributed by atoms with Crippen LogP contribution in [-0.4, -0.2) is 42.0 Å². The maximum Gasteiger partial charge on any atom is 0.269 e. The molecule has 0 unspecified atom stereocenters. The number of hydrogen-bond donors (Lipinski definition) is 0. The summed E-state index contributed by atoms with van der Waals surface area (Å²) in [7, 11) is 0. The molecule has 6 nitrogen and oxygen atoms in total. The van der Waals surface area contributed by atoms with Gasteiger partial charge in [-0.3, -0.25) is 14.9 Å². The van der Waals surface area contributed by atoms with E-state index in [1.807, 2.05) is 4.90 Å². The molecular weight excluding hydrogens is 260 g/mol. The topological polar surface area (TPSA) is 72.7 Å². The first-order valence-corrected chi connectivity index (χ1v) is 6.75. The van der Waals surface area contributed by atoms with E-state index in [1.54, 1.807) is 12.1 Å². The molecule has 20 heavy (non-hydrogen) atoms. The summed E-state index contributed by atoms with van der Waals surface area (Å²) in [6.07, 6.45) is 1.64. The van der Waals surface area contributed by atoms with Crippen LogP contribution in [0.25, 0.3) is 0 Å². The average molecular weight is 276 g/mol. The molecule has 1 amide bonds. The van der Waals surface area contributed by atoms with Gasteiger partial charge in [-0.25, -0.2) is 0 Å². The van der Waals surface area contributed by atoms with Crippen LogP contribution in [-0.2, 0) is 14.9 Å². The Labute approximate surface area is 116 Å². The van der Waals surface area contributed by atoms with Crippen LogP contribution >= 0.6 is 0 Å². The van der Waals surface area contributed by atoms with Crippen LogP contribution in [0.1, 0.15) is 18.4 Å². The molecule has 1 aromatic rings. The highest BCUT2D eigenvalue weighted by Gasteiger charge is 2.53. The molecule has 0 radical (unpaired) electrons. The normalized spacial score (nSPS) is 20.5. The third kappa shape index (κ3) is 2.16. The van der Waals surface area contributed by atoms with Crippen LogP contribution in [0, 0.1) is 10.1 Å². The van der Waals surface area contributed by atoms with Gasteiger partial charge >= 0.3 is 0 Å². The Morgan fingerprint density at radius 2 is 1.80 bits per heavy atom. The number of carbonyl (C=O) groups excluding carboxylic acids is 1. The molecule has 3 rings (SSSR count). The third-order valence-electron chi connectivity index (χ3n) is 4.09. The molecule has 1 saturated carbocycles. The summed E-state index contributed by atoms with van der Waals surface area (Å²) in [5.74, 6) is 0.134. The van der Waals surface area contributed by atoms with Crippen molar-refractivity contribution in [1.82, 2.24) is 4.90 Å². The van der Waals surface area contributed by atoms with Crippen molar-refractivity contribution in [2.45, 2.75) is 18.3 Å². The molecule has 2 fully saturated rings. The van der Waals surface area contributed by atoms with Crippen molar-refractivity contribution < 1.29 is 14.5 Å². The predicted octanol–water partition coefficient (Wildman–Crippen LogP) is 1.49. The van der Waals surface area contributed by atoms with Gasteiger partial charge < -0.3 is 9.64 Å². The van der Waals surface area contributed by atoms with Gasteiger partial charge in [0.1, 0.15) is 0 Å². The summed E-state index contributed by atoms with van der Waals surface area (Å²) >= 11 is 0. The molecule has 106 valence electrons. The predicted molar refractivity (Wildman–Crippen MR) is 71.4 cm³/mol. The quantitative estimate of drug-likeness (QED) is 0.619. The second kappa shape index (κ2) is 4.86. The second-order valence-corrected chi connectivity index (χ2v) is 5.29. The Bertz CT molecular complexity index is 531. The van der Waals surface area contributed by atoms with Gasteiger partial charge in [0, 0.05) is 25.2 Å². The Morgan fingerprint density at radius 1 is 1.20 bits per heavy atom. The zero-order valence-corrected chi connectivity index (χ0v) is 11.1. The summed E-state index contributed by atoms with van der Waals surface area (Å²) in [6, 6.07) is 6.37. The summed E-state index contributed by atoms with van der Waals surface area (Å²) < 4.78 is 5.26. The zero-order chi connectivity index (χ0) is 14.2. The maximum absolute atomic E-state index is 12.6. The standard InChI is InChI=1S/C14H16N2O4/c17-13(15-7-9-20-10-8-15)14(5-6-14)11-1-3-12(4-2-11)16(18)19/h1-4H,5-10H2. The van der Waals surface area contributed by atoms with Crippen LogP contribution in [0.15, 0.2) is 24.3 Å². The van der Waals surface area contributed by atoms with Crippen molar-refractivity contribution in [2.75, 3.05) is 26.3 Å². The zero-order valence-electron chi connectivity index (χ0n) is 11.1. The van der Waals surface area contributed by atoms with Crippen molar-refractivity contribution in [3.8, 4) is 0 Å². The van der Waals surface area contributed by atoms with Crippen LogP contribution in [0.2, 0.25) is 0 Å². The molecule has 2 aliphatic rings. The molecule has 1 aromatic carbocycles. The van der Waals surface area contributed by atoms with Crippen molar-refractivity contribution in [3.05, 3.63) is 39.9 Å². The molecule has 0 aromatic heterocycles. The van der Waals surface area contributed by atoms with Gasteiger partial charge in [-0.15, -0.1) is 0 Å². The Kier molecular flexibility index (Phi) is 3.17. The van der Waals surface area contributed by atoms with E-state index in [0.717, 1.165) is 18.4 Å². The van der Waals surface area contributed by atoms with Gasteiger partial charge in [-0.2, -0.15) is 0 Å². The van der Waals surface area contributed by atoms with Crippen LogP contribution in [0.3, 0.4) is 0 Å². The second-order valence-electron chi connectivity index (χ2n) is 5.29. The maximum atomic E-state index is 12.6. The van der Waals surface area contributed by atoms with Gasteiger partial charge in [-0.1, -0.05) is 12.1 Å². The lowest BCUT2D eigenvalue weighted by Crippen LogP contribution is -2.45. The van der Waals surface area contributed by atoms with Gasteiger partial charge in [0.2, 0.25) is 5.91 Å². The number of morpholine rings is 1. The van der Waals surface area contributed by atoms with E-state index in [-0.39, 0.29) is 11.6 Å². The molecule has 1 aliphatic heterocycles. The number of nitro groups is 1. The average Bonchev–Trinajstić information content (AvgIpc) is 3.29. The van der Waals surface area contributed by atoms with Crippen molar-refractivity contribution >= 4 is 11.6 Å². The minimum absolute atomic E-state index is 0.0587. The smallest absolute Gasteiger partial charge is 0.269 e. The van der Waals surface area contributed by atoms with E-state index >= 15 is 0 Å². The lowest BCUT2D eigenvalue weighted by Gasteiger charge is -2.30. The largest absolute Gasteiger partial charge is 0.378 e. The van der Waals surface area contributed by atoms with Gasteiger partial charge in [0.15, 0.2) is 0 Å². The number of ether oxygens (including phenoxy) is 1. The van der Waals surface area contributed by atoms with Gasteiger partial charge in [0.25, 0.3) is 5.69 Å². The highest BCUT2D eigenvalue weighted by molar-refractivity contribution is 5.91. The van der Waals surface area contributed by atoms with Crippen LogP contribution in [0.4, 0.5) is 5.69 Å². The monoisotopic (exact) mass is 276 g/mol. The summed E-state index contributed by atoms with van der Waals surface area (Å²) in [6.45, 7) is 2.44. The fourth-order valence-electron chi connectivity index (χ4n) is 2.72. The lowest BCUT2D eigenvalue weighted by molar-refractivity contribution is -0.384. The number of benzene rings is 1.